The van der Waals surface area contributed by atoms with Gasteiger partial charge in [-0.25, -0.2) is 4.39 Å². The highest BCUT2D eigenvalue weighted by Gasteiger charge is 2.18. The summed E-state index contributed by atoms with van der Waals surface area (Å²) in [5.41, 5.74) is 7.01. The third kappa shape index (κ3) is 3.59. The van der Waals surface area contributed by atoms with Crippen LogP contribution in [0.3, 0.4) is 0 Å². The van der Waals surface area contributed by atoms with E-state index in [0.717, 1.165) is 10.4 Å². The SMILES string of the molecule is Cc1sc(NC(=O)/C=C/c2cccc(F)c2)c(C(N)=O)c1C. The van der Waals surface area contributed by atoms with E-state index < -0.39 is 11.8 Å². The van der Waals surface area contributed by atoms with Gasteiger partial charge in [0.25, 0.3) is 5.91 Å². The topological polar surface area (TPSA) is 72.2 Å². The molecule has 0 bridgehead atoms. The minimum Gasteiger partial charge on any atom is -0.365 e. The summed E-state index contributed by atoms with van der Waals surface area (Å²) in [5, 5.41) is 3.06. The number of aryl methyl sites for hydroxylation is 1. The van der Waals surface area contributed by atoms with Crippen LogP contribution >= 0.6 is 11.3 Å². The van der Waals surface area contributed by atoms with Crippen LogP contribution in [0.15, 0.2) is 30.3 Å². The van der Waals surface area contributed by atoms with Gasteiger partial charge in [0.1, 0.15) is 10.8 Å². The van der Waals surface area contributed by atoms with Crippen LogP contribution in [0.2, 0.25) is 0 Å². The van der Waals surface area contributed by atoms with Crippen LogP contribution in [-0.2, 0) is 4.79 Å². The molecule has 0 saturated heterocycles. The van der Waals surface area contributed by atoms with Crippen molar-refractivity contribution in [2.75, 3.05) is 5.32 Å². The molecule has 1 heterocycles. The zero-order chi connectivity index (χ0) is 16.3. The Morgan fingerprint density at radius 3 is 2.68 bits per heavy atom. The lowest BCUT2D eigenvalue weighted by molar-refractivity contribution is -0.111. The Morgan fingerprint density at radius 1 is 1.32 bits per heavy atom. The van der Waals surface area contributed by atoms with E-state index in [9.17, 15) is 14.0 Å². The highest BCUT2D eigenvalue weighted by molar-refractivity contribution is 7.16. The van der Waals surface area contributed by atoms with Gasteiger partial charge in [-0.2, -0.15) is 0 Å². The van der Waals surface area contributed by atoms with Crippen molar-refractivity contribution in [3.63, 3.8) is 0 Å². The molecule has 0 spiro atoms. The number of hydrogen-bond acceptors (Lipinski definition) is 3. The van der Waals surface area contributed by atoms with Crippen LogP contribution in [0.4, 0.5) is 9.39 Å². The second-order valence-corrected chi connectivity index (χ2v) is 5.95. The fourth-order valence-electron chi connectivity index (χ4n) is 1.95. The predicted molar refractivity (Wildman–Crippen MR) is 86.4 cm³/mol. The number of nitrogens with one attached hydrogen (secondary N) is 1. The first-order valence-electron chi connectivity index (χ1n) is 6.53. The molecule has 0 radical (unpaired) electrons. The molecule has 1 aromatic heterocycles. The molecule has 0 aliphatic carbocycles. The highest BCUT2D eigenvalue weighted by Crippen LogP contribution is 2.31. The zero-order valence-corrected chi connectivity index (χ0v) is 13.0. The largest absolute Gasteiger partial charge is 0.365 e. The van der Waals surface area contributed by atoms with Gasteiger partial charge >= 0.3 is 0 Å². The predicted octanol–water partition coefficient (Wildman–Crippen LogP) is 3.25. The molecule has 0 saturated carbocycles. The molecule has 2 aromatic rings. The Balaban J connectivity index is 2.16. The zero-order valence-electron chi connectivity index (χ0n) is 12.1. The molecule has 0 aliphatic heterocycles. The maximum atomic E-state index is 13.0. The fraction of sp³-hybridized carbons (Fsp3) is 0.125. The number of halogens is 1. The second kappa shape index (κ2) is 6.53. The molecule has 114 valence electrons. The number of benzene rings is 1. The van der Waals surface area contributed by atoms with E-state index in [2.05, 4.69) is 5.32 Å². The summed E-state index contributed by atoms with van der Waals surface area (Å²) in [4.78, 5) is 24.3. The van der Waals surface area contributed by atoms with Crippen LogP contribution in [0.25, 0.3) is 6.08 Å². The molecule has 2 amide bonds. The van der Waals surface area contributed by atoms with E-state index in [0.29, 0.717) is 16.1 Å². The Morgan fingerprint density at radius 2 is 2.05 bits per heavy atom. The van der Waals surface area contributed by atoms with E-state index in [1.807, 2.05) is 6.92 Å². The Kier molecular flexibility index (Phi) is 4.72. The average molecular weight is 318 g/mol. The van der Waals surface area contributed by atoms with E-state index in [1.54, 1.807) is 19.1 Å². The van der Waals surface area contributed by atoms with Crippen molar-refractivity contribution in [1.82, 2.24) is 0 Å². The van der Waals surface area contributed by atoms with Crippen molar-refractivity contribution in [2.24, 2.45) is 5.73 Å². The van der Waals surface area contributed by atoms with E-state index >= 15 is 0 Å². The fourth-order valence-corrected chi connectivity index (χ4v) is 3.02. The first-order valence-corrected chi connectivity index (χ1v) is 7.34. The van der Waals surface area contributed by atoms with Gasteiger partial charge in [-0.05, 0) is 43.2 Å². The molecule has 1 aromatic carbocycles. The number of primary amides is 1. The van der Waals surface area contributed by atoms with Crippen molar-refractivity contribution in [3.05, 3.63) is 57.7 Å². The lowest BCUT2D eigenvalue weighted by Gasteiger charge is -2.02. The number of carbonyl (C=O) groups excluding carboxylic acids is 2. The summed E-state index contributed by atoms with van der Waals surface area (Å²) in [7, 11) is 0. The monoisotopic (exact) mass is 318 g/mol. The summed E-state index contributed by atoms with van der Waals surface area (Å²) >= 11 is 1.30. The average Bonchev–Trinajstić information content (AvgIpc) is 2.71. The maximum Gasteiger partial charge on any atom is 0.251 e. The molecule has 0 atom stereocenters. The van der Waals surface area contributed by atoms with E-state index in [-0.39, 0.29) is 5.82 Å². The quantitative estimate of drug-likeness (QED) is 0.849. The Hall–Kier alpha value is -2.47. The number of nitrogens with two attached hydrogens (primary N) is 1. The first kappa shape index (κ1) is 15.9. The lowest BCUT2D eigenvalue weighted by atomic mass is 10.1. The van der Waals surface area contributed by atoms with Gasteiger partial charge in [-0.1, -0.05) is 12.1 Å². The summed E-state index contributed by atoms with van der Waals surface area (Å²) in [6, 6.07) is 5.89. The van der Waals surface area contributed by atoms with Crippen molar-refractivity contribution in [1.29, 1.82) is 0 Å². The highest BCUT2D eigenvalue weighted by atomic mass is 32.1. The van der Waals surface area contributed by atoms with Gasteiger partial charge in [0.2, 0.25) is 5.91 Å². The normalized spacial score (nSPS) is 10.9. The third-order valence-corrected chi connectivity index (χ3v) is 4.27. The van der Waals surface area contributed by atoms with E-state index in [1.165, 1.54) is 35.6 Å². The number of amides is 2. The minimum atomic E-state index is -0.578. The molecule has 2 rings (SSSR count). The van der Waals surface area contributed by atoms with Crippen molar-refractivity contribution >= 4 is 34.2 Å². The first-order chi connectivity index (χ1) is 10.4. The summed E-state index contributed by atoms with van der Waals surface area (Å²) in [6.45, 7) is 3.63. The maximum absolute atomic E-state index is 13.0. The molecular formula is C16H15FN2O2S. The minimum absolute atomic E-state index is 0.329. The summed E-state index contributed by atoms with van der Waals surface area (Å²) < 4.78 is 13.0. The van der Waals surface area contributed by atoms with Crippen LogP contribution < -0.4 is 11.1 Å². The van der Waals surface area contributed by atoms with Crippen LogP contribution in [0, 0.1) is 19.7 Å². The number of rotatable bonds is 4. The molecule has 3 N–H and O–H groups in total. The standard InChI is InChI=1S/C16H15FN2O2S/c1-9-10(2)22-16(14(9)15(18)21)19-13(20)7-6-11-4-3-5-12(17)8-11/h3-8H,1-2H3,(H2,18,21)(H,19,20)/b7-6+. The van der Waals surface area contributed by atoms with Crippen LogP contribution in [0.1, 0.15) is 26.4 Å². The molecule has 0 fully saturated rings. The van der Waals surface area contributed by atoms with Crippen molar-refractivity contribution in [3.8, 4) is 0 Å². The van der Waals surface area contributed by atoms with E-state index in [4.69, 9.17) is 5.73 Å². The van der Waals surface area contributed by atoms with Gasteiger partial charge in [-0.3, -0.25) is 9.59 Å². The molecule has 0 aliphatic rings. The number of carbonyl (C=O) groups is 2. The molecular weight excluding hydrogens is 303 g/mol. The van der Waals surface area contributed by atoms with Gasteiger partial charge < -0.3 is 11.1 Å². The smallest absolute Gasteiger partial charge is 0.251 e. The molecule has 22 heavy (non-hydrogen) atoms. The summed E-state index contributed by atoms with van der Waals surface area (Å²) in [5.74, 6) is -1.36. The third-order valence-electron chi connectivity index (χ3n) is 3.14. The number of anilines is 1. The number of hydrogen-bond donors (Lipinski definition) is 2. The van der Waals surface area contributed by atoms with Crippen LogP contribution in [-0.4, -0.2) is 11.8 Å². The van der Waals surface area contributed by atoms with Crippen molar-refractivity contribution < 1.29 is 14.0 Å². The Bertz CT molecular complexity index is 766. The van der Waals surface area contributed by atoms with Gasteiger partial charge in [0.15, 0.2) is 0 Å². The van der Waals surface area contributed by atoms with Gasteiger partial charge in [-0.15, -0.1) is 11.3 Å². The second-order valence-electron chi connectivity index (χ2n) is 4.73. The van der Waals surface area contributed by atoms with Crippen molar-refractivity contribution in [2.45, 2.75) is 13.8 Å². The van der Waals surface area contributed by atoms with Gasteiger partial charge in [0, 0.05) is 11.0 Å². The molecule has 4 nitrogen and oxygen atoms in total. The van der Waals surface area contributed by atoms with Gasteiger partial charge in [0.05, 0.1) is 5.56 Å². The lowest BCUT2D eigenvalue weighted by Crippen LogP contribution is -2.16. The molecule has 0 unspecified atom stereocenters. The molecule has 6 heteroatoms. The van der Waals surface area contributed by atoms with Crippen LogP contribution in [0.5, 0.6) is 0 Å². The number of thiophene rings is 1. The summed E-state index contributed by atoms with van der Waals surface area (Å²) in [6.07, 6.45) is 2.78. The Labute approximate surface area is 131 Å².